The fourth-order valence-corrected chi connectivity index (χ4v) is 2.01. The van der Waals surface area contributed by atoms with Gasteiger partial charge in [-0.05, 0) is 24.1 Å². The van der Waals surface area contributed by atoms with Crippen LogP contribution in [0.3, 0.4) is 0 Å². The van der Waals surface area contributed by atoms with Crippen LogP contribution in [0.25, 0.3) is 0 Å². The first kappa shape index (κ1) is 13.1. The van der Waals surface area contributed by atoms with Crippen LogP contribution in [0.5, 0.6) is 5.75 Å². The van der Waals surface area contributed by atoms with E-state index in [1.54, 1.807) is 17.9 Å². The predicted octanol–water partition coefficient (Wildman–Crippen LogP) is 1.83. The van der Waals surface area contributed by atoms with Crippen LogP contribution in [-0.4, -0.2) is 22.7 Å². The van der Waals surface area contributed by atoms with Gasteiger partial charge >= 0.3 is 0 Å². The molecule has 0 saturated heterocycles. The first-order valence-corrected chi connectivity index (χ1v) is 6.05. The summed E-state index contributed by atoms with van der Waals surface area (Å²) in [4.78, 5) is 12.2. The van der Waals surface area contributed by atoms with Gasteiger partial charge in [-0.1, -0.05) is 12.1 Å². The zero-order chi connectivity index (χ0) is 13.8. The number of aromatic nitrogens is 2. The van der Waals surface area contributed by atoms with Crippen LogP contribution in [0, 0.1) is 0 Å². The number of hydrogen-bond donors (Lipinski definition) is 1. The van der Waals surface area contributed by atoms with Crippen LogP contribution in [0.4, 0.5) is 5.69 Å². The fraction of sp³-hybridized carbons (Fsp3) is 0.286. The zero-order valence-electron chi connectivity index (χ0n) is 11.1. The molecule has 2 N–H and O–H groups in total. The maximum absolute atomic E-state index is 12.2. The second-order valence-corrected chi connectivity index (χ2v) is 4.35. The van der Waals surface area contributed by atoms with Gasteiger partial charge < -0.3 is 10.5 Å². The van der Waals surface area contributed by atoms with E-state index >= 15 is 0 Å². The minimum atomic E-state index is 0.0132. The quantitative estimate of drug-likeness (QED) is 0.657. The molecule has 5 heteroatoms. The van der Waals surface area contributed by atoms with Gasteiger partial charge in [-0.2, -0.15) is 5.10 Å². The van der Waals surface area contributed by atoms with Crippen molar-refractivity contribution in [3.63, 3.8) is 0 Å². The van der Waals surface area contributed by atoms with Gasteiger partial charge in [-0.25, -0.2) is 0 Å². The van der Waals surface area contributed by atoms with E-state index in [1.165, 1.54) is 7.11 Å². The smallest absolute Gasteiger partial charge is 0.184 e. The van der Waals surface area contributed by atoms with Gasteiger partial charge in [0.05, 0.1) is 13.3 Å². The number of carbonyl (C=O) groups is 1. The molecular weight excluding hydrogens is 242 g/mol. The van der Waals surface area contributed by atoms with Gasteiger partial charge in [0, 0.05) is 19.2 Å². The number of rotatable bonds is 5. The summed E-state index contributed by atoms with van der Waals surface area (Å²) < 4.78 is 6.68. The molecule has 0 fully saturated rings. The van der Waals surface area contributed by atoms with E-state index < -0.39 is 0 Å². The Hall–Kier alpha value is -2.30. The Bertz CT molecular complexity index is 590. The Kier molecular flexibility index (Phi) is 3.85. The van der Waals surface area contributed by atoms with Crippen molar-refractivity contribution in [1.29, 1.82) is 0 Å². The number of aryl methyl sites for hydroxylation is 2. The molecule has 0 saturated carbocycles. The third-order valence-electron chi connectivity index (χ3n) is 2.98. The van der Waals surface area contributed by atoms with Crippen LogP contribution < -0.4 is 10.5 Å². The third-order valence-corrected chi connectivity index (χ3v) is 2.98. The molecule has 0 bridgehead atoms. The lowest BCUT2D eigenvalue weighted by atomic mass is 10.1. The molecule has 0 atom stereocenters. The maximum Gasteiger partial charge on any atom is 0.184 e. The number of anilines is 1. The Balaban J connectivity index is 2.07. The molecule has 2 aromatic rings. The second-order valence-electron chi connectivity index (χ2n) is 4.35. The molecule has 0 amide bonds. The second kappa shape index (κ2) is 5.56. The average Bonchev–Trinajstić information content (AvgIpc) is 2.77. The van der Waals surface area contributed by atoms with Crippen LogP contribution >= 0.6 is 0 Å². The van der Waals surface area contributed by atoms with Gasteiger partial charge in [-0.3, -0.25) is 9.48 Å². The number of nitrogen functional groups attached to an aromatic ring is 1. The van der Waals surface area contributed by atoms with E-state index in [1.807, 2.05) is 24.3 Å². The highest BCUT2D eigenvalue weighted by molar-refractivity contribution is 5.97. The Labute approximate surface area is 112 Å². The fourth-order valence-electron chi connectivity index (χ4n) is 2.01. The number of nitrogens with zero attached hydrogens (tertiary/aromatic N) is 2. The van der Waals surface area contributed by atoms with E-state index in [0.29, 0.717) is 30.0 Å². The summed E-state index contributed by atoms with van der Waals surface area (Å²) in [7, 11) is 3.27. The van der Waals surface area contributed by atoms with Crippen molar-refractivity contribution in [1.82, 2.24) is 9.78 Å². The topological polar surface area (TPSA) is 70.1 Å². The number of carbonyl (C=O) groups excluding carboxylic acids is 1. The van der Waals surface area contributed by atoms with E-state index in [9.17, 15) is 4.79 Å². The first-order valence-electron chi connectivity index (χ1n) is 6.05. The van der Waals surface area contributed by atoms with E-state index in [4.69, 9.17) is 10.5 Å². The van der Waals surface area contributed by atoms with Crippen molar-refractivity contribution in [2.75, 3.05) is 12.8 Å². The molecular formula is C14H17N3O2. The van der Waals surface area contributed by atoms with Crippen molar-refractivity contribution in [3.05, 3.63) is 41.7 Å². The number of benzene rings is 1. The summed E-state index contributed by atoms with van der Waals surface area (Å²) in [5.74, 6) is 0.527. The number of ketones is 1. The highest BCUT2D eigenvalue weighted by Crippen LogP contribution is 2.19. The zero-order valence-corrected chi connectivity index (χ0v) is 11.1. The summed E-state index contributed by atoms with van der Waals surface area (Å²) in [5, 5.41) is 4.03. The van der Waals surface area contributed by atoms with Crippen molar-refractivity contribution in [2.24, 2.45) is 7.05 Å². The third kappa shape index (κ3) is 2.93. The van der Waals surface area contributed by atoms with Crippen LogP contribution in [0.2, 0.25) is 0 Å². The summed E-state index contributed by atoms with van der Waals surface area (Å²) in [5.41, 5.74) is 7.98. The maximum atomic E-state index is 12.2. The molecule has 0 aliphatic carbocycles. The summed E-state index contributed by atoms with van der Waals surface area (Å²) in [6.07, 6.45) is 2.60. The average molecular weight is 259 g/mol. The van der Waals surface area contributed by atoms with Crippen LogP contribution in [0.1, 0.15) is 22.5 Å². The lowest BCUT2D eigenvalue weighted by Gasteiger charge is -2.05. The van der Waals surface area contributed by atoms with Gasteiger partial charge in [-0.15, -0.1) is 0 Å². The monoisotopic (exact) mass is 259 g/mol. The van der Waals surface area contributed by atoms with Crippen molar-refractivity contribution < 1.29 is 9.53 Å². The first-order chi connectivity index (χ1) is 9.11. The molecule has 5 nitrogen and oxygen atoms in total. The summed E-state index contributed by atoms with van der Waals surface area (Å²) in [6, 6.07) is 7.56. The van der Waals surface area contributed by atoms with Crippen molar-refractivity contribution >= 4 is 11.5 Å². The van der Waals surface area contributed by atoms with Gasteiger partial charge in [0.25, 0.3) is 0 Å². The van der Waals surface area contributed by atoms with Crippen molar-refractivity contribution in [2.45, 2.75) is 12.8 Å². The number of hydrogen-bond acceptors (Lipinski definition) is 4. The Morgan fingerprint density at radius 1 is 1.47 bits per heavy atom. The number of nitrogens with two attached hydrogens (primary N) is 1. The lowest BCUT2D eigenvalue weighted by Crippen LogP contribution is -2.09. The molecule has 1 heterocycles. The van der Waals surface area contributed by atoms with Gasteiger partial charge in [0.2, 0.25) is 0 Å². The molecule has 0 radical (unpaired) electrons. The summed E-state index contributed by atoms with van der Waals surface area (Å²) >= 11 is 0. The largest absolute Gasteiger partial charge is 0.493 e. The Morgan fingerprint density at radius 3 is 2.95 bits per heavy atom. The van der Waals surface area contributed by atoms with Crippen molar-refractivity contribution in [3.8, 4) is 5.75 Å². The highest BCUT2D eigenvalue weighted by atomic mass is 16.5. The normalized spacial score (nSPS) is 10.4. The highest BCUT2D eigenvalue weighted by Gasteiger charge is 2.17. The Morgan fingerprint density at radius 2 is 2.26 bits per heavy atom. The van der Waals surface area contributed by atoms with Crippen LogP contribution in [0.15, 0.2) is 30.5 Å². The molecule has 0 unspecified atom stereocenters. The van der Waals surface area contributed by atoms with Gasteiger partial charge in [0.15, 0.2) is 11.5 Å². The minimum absolute atomic E-state index is 0.0132. The molecule has 100 valence electrons. The van der Waals surface area contributed by atoms with E-state index in [-0.39, 0.29) is 5.78 Å². The SMILES string of the molecule is COc1cnn(C)c1C(=O)CCc1cccc(N)c1. The van der Waals surface area contributed by atoms with E-state index in [0.717, 1.165) is 5.56 Å². The molecule has 0 aliphatic rings. The standard InChI is InChI=1S/C14H17N3O2/c1-17-14(13(19-2)9-16-17)12(18)7-6-10-4-3-5-11(15)8-10/h3-5,8-9H,6-7,15H2,1-2H3. The molecule has 1 aromatic heterocycles. The number of Topliss-reactive ketones (excluding diaryl/α,β-unsaturated/α-hetero) is 1. The molecule has 1 aromatic carbocycles. The molecule has 0 aliphatic heterocycles. The minimum Gasteiger partial charge on any atom is -0.493 e. The predicted molar refractivity (Wildman–Crippen MR) is 73.3 cm³/mol. The lowest BCUT2D eigenvalue weighted by molar-refractivity contribution is 0.0970. The molecule has 0 spiro atoms. The van der Waals surface area contributed by atoms with E-state index in [2.05, 4.69) is 5.10 Å². The molecule has 2 rings (SSSR count). The molecule has 19 heavy (non-hydrogen) atoms. The number of methoxy groups -OCH3 is 1. The van der Waals surface area contributed by atoms with Crippen LogP contribution in [-0.2, 0) is 13.5 Å². The van der Waals surface area contributed by atoms with Gasteiger partial charge in [0.1, 0.15) is 5.69 Å². The number of ether oxygens (including phenoxy) is 1. The summed E-state index contributed by atoms with van der Waals surface area (Å²) in [6.45, 7) is 0.